The van der Waals surface area contributed by atoms with Crippen LogP contribution < -0.4 is 5.73 Å². The smallest absolute Gasteiger partial charge is 0.254 e. The summed E-state index contributed by atoms with van der Waals surface area (Å²) < 4.78 is 5.82. The van der Waals surface area contributed by atoms with Crippen molar-refractivity contribution in [2.75, 3.05) is 5.73 Å². The van der Waals surface area contributed by atoms with Crippen LogP contribution in [0.5, 0.6) is 0 Å². The molecule has 0 saturated heterocycles. The van der Waals surface area contributed by atoms with E-state index in [0.717, 1.165) is 40.6 Å². The number of hydrogen-bond acceptors (Lipinski definition) is 8. The zero-order chi connectivity index (χ0) is 24.8. The van der Waals surface area contributed by atoms with Crippen LogP contribution >= 0.6 is 0 Å². The number of nitrogens with two attached hydrogens (primary N) is 1. The first-order valence-electron chi connectivity index (χ1n) is 12.2. The number of nitrogens with zero attached hydrogens (tertiary/aromatic N) is 6. The SMILES string of the molecule is C[C@H](c1ncccn1)N(Cc1ccc(C2CC2)nn1)C(=O)c1ccc2nc(N)c3c(c2c1)CO[C@@H]3C. The molecule has 1 saturated carbocycles. The number of aromatic nitrogens is 5. The Morgan fingerprint density at radius 1 is 1.17 bits per heavy atom. The first-order valence-corrected chi connectivity index (χ1v) is 12.2. The van der Waals surface area contributed by atoms with E-state index in [0.29, 0.717) is 35.4 Å². The minimum absolute atomic E-state index is 0.125. The molecule has 9 heteroatoms. The summed E-state index contributed by atoms with van der Waals surface area (Å²) in [7, 11) is 0. The molecule has 4 aromatic rings. The second-order valence-corrected chi connectivity index (χ2v) is 9.51. The number of hydrogen-bond donors (Lipinski definition) is 1. The van der Waals surface area contributed by atoms with Crippen LogP contribution in [0.15, 0.2) is 48.8 Å². The van der Waals surface area contributed by atoms with Crippen LogP contribution in [0.25, 0.3) is 10.9 Å². The summed E-state index contributed by atoms with van der Waals surface area (Å²) in [4.78, 5) is 29.1. The predicted molar refractivity (Wildman–Crippen MR) is 134 cm³/mol. The van der Waals surface area contributed by atoms with Crippen molar-refractivity contribution in [1.82, 2.24) is 30.0 Å². The molecule has 1 fully saturated rings. The lowest BCUT2D eigenvalue weighted by atomic mass is 9.99. The number of nitrogen functional groups attached to an aromatic ring is 1. The molecule has 1 aliphatic carbocycles. The Morgan fingerprint density at radius 2 is 1.97 bits per heavy atom. The van der Waals surface area contributed by atoms with Gasteiger partial charge in [-0.2, -0.15) is 10.2 Å². The van der Waals surface area contributed by atoms with Crippen molar-refractivity contribution >= 4 is 22.6 Å². The molecular weight excluding hydrogens is 454 g/mol. The van der Waals surface area contributed by atoms with E-state index in [9.17, 15) is 4.79 Å². The van der Waals surface area contributed by atoms with E-state index >= 15 is 0 Å². The summed E-state index contributed by atoms with van der Waals surface area (Å²) in [5.74, 6) is 1.41. The molecule has 9 nitrogen and oxygen atoms in total. The van der Waals surface area contributed by atoms with Gasteiger partial charge in [-0.25, -0.2) is 15.0 Å². The molecule has 2 aliphatic rings. The van der Waals surface area contributed by atoms with Crippen molar-refractivity contribution in [1.29, 1.82) is 0 Å². The summed E-state index contributed by atoms with van der Waals surface area (Å²) in [5.41, 5.74) is 11.1. The summed E-state index contributed by atoms with van der Waals surface area (Å²) >= 11 is 0. The Labute approximate surface area is 208 Å². The van der Waals surface area contributed by atoms with Crippen molar-refractivity contribution in [2.45, 2.75) is 57.9 Å². The average Bonchev–Trinajstić information content (AvgIpc) is 3.68. The van der Waals surface area contributed by atoms with Crippen molar-refractivity contribution in [2.24, 2.45) is 0 Å². The minimum atomic E-state index is -0.377. The fourth-order valence-electron chi connectivity index (χ4n) is 4.84. The second kappa shape index (κ2) is 8.91. The molecule has 6 rings (SSSR count). The first kappa shape index (κ1) is 22.5. The van der Waals surface area contributed by atoms with Gasteiger partial charge < -0.3 is 15.4 Å². The van der Waals surface area contributed by atoms with Gasteiger partial charge in [0.15, 0.2) is 0 Å². The maximum absolute atomic E-state index is 14.0. The van der Waals surface area contributed by atoms with E-state index in [1.54, 1.807) is 29.4 Å². The van der Waals surface area contributed by atoms with Gasteiger partial charge in [0.05, 0.1) is 42.2 Å². The van der Waals surface area contributed by atoms with Crippen molar-refractivity contribution in [3.63, 3.8) is 0 Å². The van der Waals surface area contributed by atoms with E-state index in [4.69, 9.17) is 10.5 Å². The van der Waals surface area contributed by atoms with Crippen LogP contribution in [-0.4, -0.2) is 36.0 Å². The van der Waals surface area contributed by atoms with Crippen molar-refractivity contribution in [3.05, 3.63) is 82.7 Å². The highest BCUT2D eigenvalue weighted by Gasteiger charge is 2.29. The number of benzene rings is 1. The Balaban J connectivity index is 1.37. The Hall–Kier alpha value is -3.98. The van der Waals surface area contributed by atoms with Crippen molar-refractivity contribution in [3.8, 4) is 0 Å². The lowest BCUT2D eigenvalue weighted by molar-refractivity contribution is 0.0663. The molecule has 4 heterocycles. The number of anilines is 1. The molecule has 3 aromatic heterocycles. The summed E-state index contributed by atoms with van der Waals surface area (Å²) in [6.45, 7) is 4.62. The number of carbonyl (C=O) groups excluding carboxylic acids is 1. The van der Waals surface area contributed by atoms with Gasteiger partial charge in [0.25, 0.3) is 5.91 Å². The Kier molecular flexibility index (Phi) is 5.56. The van der Waals surface area contributed by atoms with Crippen LogP contribution in [0.2, 0.25) is 0 Å². The monoisotopic (exact) mass is 481 g/mol. The van der Waals surface area contributed by atoms with Crippen LogP contribution in [-0.2, 0) is 17.9 Å². The van der Waals surface area contributed by atoms with Gasteiger partial charge in [0.2, 0.25) is 0 Å². The highest BCUT2D eigenvalue weighted by atomic mass is 16.5. The van der Waals surface area contributed by atoms with Gasteiger partial charge in [-0.1, -0.05) is 0 Å². The van der Waals surface area contributed by atoms with E-state index < -0.39 is 0 Å². The third-order valence-electron chi connectivity index (χ3n) is 7.05. The van der Waals surface area contributed by atoms with Gasteiger partial charge in [0, 0.05) is 34.8 Å². The molecule has 0 spiro atoms. The molecule has 36 heavy (non-hydrogen) atoms. The van der Waals surface area contributed by atoms with Gasteiger partial charge in [-0.05, 0) is 68.7 Å². The van der Waals surface area contributed by atoms with Crippen LogP contribution in [0.1, 0.15) is 83.4 Å². The highest BCUT2D eigenvalue weighted by Crippen LogP contribution is 2.39. The maximum atomic E-state index is 14.0. The fourth-order valence-corrected chi connectivity index (χ4v) is 4.84. The van der Waals surface area contributed by atoms with Gasteiger partial charge in [0.1, 0.15) is 11.6 Å². The topological polar surface area (TPSA) is 120 Å². The molecule has 1 amide bonds. The molecule has 182 valence electrons. The number of rotatable bonds is 6. The standard InChI is InChI=1S/C27H27N7O2/c1-15(26-29-10-3-11-30-26)34(13-19-7-9-22(33-32-19)17-4-5-17)27(35)18-6-8-23-20(12-18)21-14-36-16(2)24(21)25(28)31-23/h3,6-12,15-17H,4-5,13-14H2,1-2H3,(H2,28,31)/t15-,16-/m1/s1. The number of carbonyl (C=O) groups is 1. The second-order valence-electron chi connectivity index (χ2n) is 9.51. The molecular formula is C27H27N7O2. The predicted octanol–water partition coefficient (Wildman–Crippen LogP) is 4.27. The molecule has 0 bridgehead atoms. The minimum Gasteiger partial charge on any atom is -0.383 e. The van der Waals surface area contributed by atoms with Gasteiger partial charge in [-0.3, -0.25) is 4.79 Å². The third-order valence-corrected chi connectivity index (χ3v) is 7.05. The fraction of sp³-hybridized carbons (Fsp3) is 0.333. The third kappa shape index (κ3) is 4.05. The van der Waals surface area contributed by atoms with E-state index in [1.165, 1.54) is 0 Å². The molecule has 2 atom stereocenters. The van der Waals surface area contributed by atoms with Crippen LogP contribution in [0, 0.1) is 0 Å². The average molecular weight is 482 g/mol. The maximum Gasteiger partial charge on any atom is 0.254 e. The molecule has 1 aliphatic heterocycles. The lowest BCUT2D eigenvalue weighted by Gasteiger charge is -2.28. The highest BCUT2D eigenvalue weighted by molar-refractivity contribution is 5.99. The quantitative estimate of drug-likeness (QED) is 0.434. The Bertz CT molecular complexity index is 1440. The van der Waals surface area contributed by atoms with Crippen LogP contribution in [0.4, 0.5) is 5.82 Å². The van der Waals surface area contributed by atoms with E-state index in [2.05, 4.69) is 25.1 Å². The number of ether oxygens (including phenoxy) is 1. The number of amides is 1. The molecule has 2 N–H and O–H groups in total. The van der Waals surface area contributed by atoms with Crippen LogP contribution in [0.3, 0.4) is 0 Å². The largest absolute Gasteiger partial charge is 0.383 e. The normalized spacial score (nSPS) is 17.7. The lowest BCUT2D eigenvalue weighted by Crippen LogP contribution is -2.34. The van der Waals surface area contributed by atoms with Gasteiger partial charge >= 0.3 is 0 Å². The summed E-state index contributed by atoms with van der Waals surface area (Å²) in [5, 5.41) is 9.70. The zero-order valence-corrected chi connectivity index (χ0v) is 20.3. The Morgan fingerprint density at radius 3 is 2.69 bits per heavy atom. The molecule has 1 aromatic carbocycles. The number of pyridine rings is 1. The summed E-state index contributed by atoms with van der Waals surface area (Å²) in [6.07, 6.45) is 5.57. The van der Waals surface area contributed by atoms with Crippen molar-refractivity contribution < 1.29 is 9.53 Å². The molecule has 0 unspecified atom stereocenters. The number of fused-ring (bicyclic) bond motifs is 3. The van der Waals surface area contributed by atoms with Gasteiger partial charge in [-0.15, -0.1) is 0 Å². The molecule has 0 radical (unpaired) electrons. The van der Waals surface area contributed by atoms with E-state index in [-0.39, 0.29) is 24.6 Å². The zero-order valence-electron chi connectivity index (χ0n) is 20.3. The summed E-state index contributed by atoms with van der Waals surface area (Å²) in [6, 6.07) is 10.9. The van der Waals surface area contributed by atoms with E-state index in [1.807, 2.05) is 38.1 Å². The first-order chi connectivity index (χ1) is 17.5.